The smallest absolute Gasteiger partial charge is 0.306 e. The highest BCUT2D eigenvalue weighted by Crippen LogP contribution is 2.47. The van der Waals surface area contributed by atoms with E-state index in [0.717, 1.165) is 42.6 Å². The van der Waals surface area contributed by atoms with Gasteiger partial charge in [0.1, 0.15) is 5.83 Å². The maximum atomic E-state index is 17.9. The Labute approximate surface area is 284 Å². The first-order chi connectivity index (χ1) is 23.0. The number of carboxylic acid groups (broad SMARTS) is 1. The normalized spacial score (nSPS) is 35.8. The number of carbonyl (C=O) groups is 2. The number of aliphatic carboxylic acids is 1. The van der Waals surface area contributed by atoms with Gasteiger partial charge < -0.3 is 19.5 Å². The molecule has 1 N–H and O–H groups in total. The minimum atomic E-state index is -2.05. The predicted octanol–water partition coefficient (Wildman–Crippen LogP) is 5.77. The quantitative estimate of drug-likeness (QED) is 0.316. The summed E-state index contributed by atoms with van der Waals surface area (Å²) in [5.41, 5.74) is -0.0200. The Morgan fingerprint density at radius 1 is 1.00 bits per heavy atom. The molecular weight excluding hydrogens is 616 g/mol. The molecule has 0 aromatic rings. The van der Waals surface area contributed by atoms with Gasteiger partial charge in [0.2, 0.25) is 5.67 Å². The van der Waals surface area contributed by atoms with E-state index in [-0.39, 0.29) is 42.1 Å². The summed E-state index contributed by atoms with van der Waals surface area (Å²) < 4.78 is 44.6. The second-order valence-corrected chi connectivity index (χ2v) is 15.2. The van der Waals surface area contributed by atoms with Gasteiger partial charge in [0, 0.05) is 74.5 Å². The van der Waals surface area contributed by atoms with Crippen LogP contribution >= 0.6 is 0 Å². The second kappa shape index (κ2) is 14.7. The van der Waals surface area contributed by atoms with Crippen LogP contribution in [0.25, 0.3) is 0 Å². The molecule has 6 rings (SSSR count). The van der Waals surface area contributed by atoms with Crippen molar-refractivity contribution >= 4 is 11.9 Å². The molecule has 8 nitrogen and oxygen atoms in total. The molecule has 1 amide bonds. The topological polar surface area (TPSA) is 82.6 Å². The Morgan fingerprint density at radius 2 is 1.73 bits per heavy atom. The first-order valence-electron chi connectivity index (χ1n) is 18.3. The molecule has 0 spiro atoms. The number of amides is 1. The minimum absolute atomic E-state index is 0.0588. The van der Waals surface area contributed by atoms with Crippen LogP contribution in [-0.4, -0.2) is 109 Å². The molecule has 48 heavy (non-hydrogen) atoms. The highest BCUT2D eigenvalue weighted by atomic mass is 19.1. The Morgan fingerprint density at radius 3 is 2.38 bits per heavy atom. The van der Waals surface area contributed by atoms with Crippen molar-refractivity contribution in [1.82, 2.24) is 14.7 Å². The maximum Gasteiger partial charge on any atom is 0.306 e. The zero-order valence-electron chi connectivity index (χ0n) is 29.2. The minimum Gasteiger partial charge on any atom is -0.501 e. The average Bonchev–Trinajstić information content (AvgIpc) is 3.84. The van der Waals surface area contributed by atoms with Crippen molar-refractivity contribution in [2.24, 2.45) is 35.5 Å². The number of likely N-dealkylation sites (tertiary alicyclic amines) is 3. The molecule has 3 aliphatic heterocycles. The fourth-order valence-corrected chi connectivity index (χ4v) is 9.70. The molecular formula is C38H55F2N3O5. The molecule has 0 aromatic carbocycles. The Balaban J connectivity index is 1.28. The van der Waals surface area contributed by atoms with Gasteiger partial charge in [-0.1, -0.05) is 44.4 Å². The molecule has 0 bridgehead atoms. The fraction of sp³-hybridized carbons (Fsp3) is 0.737. The van der Waals surface area contributed by atoms with Gasteiger partial charge in [0.25, 0.3) is 5.91 Å². The molecule has 0 aromatic heterocycles. The largest absolute Gasteiger partial charge is 0.501 e. The van der Waals surface area contributed by atoms with Gasteiger partial charge in [-0.3, -0.25) is 19.4 Å². The number of piperidine rings is 1. The lowest BCUT2D eigenvalue weighted by atomic mass is 9.76. The summed E-state index contributed by atoms with van der Waals surface area (Å²) in [5.74, 6) is -1.90. The van der Waals surface area contributed by atoms with Crippen molar-refractivity contribution in [3.05, 3.63) is 47.0 Å². The van der Waals surface area contributed by atoms with Crippen molar-refractivity contribution in [1.29, 1.82) is 0 Å². The Hall–Kier alpha value is -2.56. The summed E-state index contributed by atoms with van der Waals surface area (Å²) in [4.78, 5) is 32.6. The molecule has 1 saturated carbocycles. The van der Waals surface area contributed by atoms with Gasteiger partial charge in [0.15, 0.2) is 0 Å². The Kier molecular flexibility index (Phi) is 10.8. The van der Waals surface area contributed by atoms with Crippen LogP contribution in [0.2, 0.25) is 0 Å². The van der Waals surface area contributed by atoms with E-state index in [1.165, 1.54) is 0 Å². The number of allylic oxidation sites excluding steroid dienone is 5. The number of halogens is 2. The monoisotopic (exact) mass is 671 g/mol. The lowest BCUT2D eigenvalue weighted by Crippen LogP contribution is -2.52. The van der Waals surface area contributed by atoms with E-state index < -0.39 is 29.4 Å². The van der Waals surface area contributed by atoms with E-state index in [4.69, 9.17) is 9.47 Å². The van der Waals surface area contributed by atoms with E-state index in [0.29, 0.717) is 71.2 Å². The number of methoxy groups -OCH3 is 1. The summed E-state index contributed by atoms with van der Waals surface area (Å²) in [5, 5.41) is 9.58. The number of hydrogen-bond acceptors (Lipinski definition) is 6. The van der Waals surface area contributed by atoms with Crippen molar-refractivity contribution in [3.63, 3.8) is 0 Å². The van der Waals surface area contributed by atoms with Gasteiger partial charge in [-0.25, -0.2) is 8.78 Å². The van der Waals surface area contributed by atoms with Crippen LogP contribution in [-0.2, 0) is 19.1 Å². The summed E-state index contributed by atoms with van der Waals surface area (Å²) in [6.07, 6.45) is 13.4. The predicted molar refractivity (Wildman–Crippen MR) is 180 cm³/mol. The van der Waals surface area contributed by atoms with Crippen molar-refractivity contribution in [2.45, 2.75) is 83.5 Å². The van der Waals surface area contributed by atoms with E-state index in [2.05, 4.69) is 16.7 Å². The average molecular weight is 672 g/mol. The highest BCUT2D eigenvalue weighted by molar-refractivity contribution is 5.87. The molecule has 4 fully saturated rings. The standard InChI is InChI=1S/C38H55F2N3O5/c1-5-48-22-28-19-42(20-31(28)30-11-12-33(39)25(3)35(30)41-16-14-26(15-17-41)36(44)45)37(46)38(40)23-43(29-8-6-7-9-29)21-32(38)27-10-13-34(47-4)24(2)18-27/h10-13,24-26,28-29,31-32,35H,5-9,14-23H2,1-4H3,(H,44,45)/t24?,25?,28-,31+,32+,35?,38+/m1/s1. The molecule has 7 atom stereocenters. The molecule has 3 saturated heterocycles. The first kappa shape index (κ1) is 35.3. The van der Waals surface area contributed by atoms with Crippen molar-refractivity contribution < 1.29 is 33.0 Å². The van der Waals surface area contributed by atoms with Gasteiger partial charge in [-0.2, -0.15) is 0 Å². The highest BCUT2D eigenvalue weighted by Gasteiger charge is 2.58. The summed E-state index contributed by atoms with van der Waals surface area (Å²) in [7, 11) is 1.67. The van der Waals surface area contributed by atoms with Crippen LogP contribution in [0.3, 0.4) is 0 Å². The molecule has 0 radical (unpaired) electrons. The lowest BCUT2D eigenvalue weighted by molar-refractivity contribution is -0.144. The molecule has 266 valence electrons. The second-order valence-electron chi connectivity index (χ2n) is 15.2. The number of ether oxygens (including phenoxy) is 2. The zero-order valence-corrected chi connectivity index (χ0v) is 29.2. The number of nitrogens with zero attached hydrogens (tertiary/aromatic N) is 3. The molecule has 3 unspecified atom stereocenters. The van der Waals surface area contributed by atoms with E-state index in [9.17, 15) is 14.7 Å². The van der Waals surface area contributed by atoms with Gasteiger partial charge in [-0.15, -0.1) is 0 Å². The Bertz CT molecular complexity index is 1330. The number of alkyl halides is 1. The number of hydrogen-bond donors (Lipinski definition) is 1. The SMILES string of the molecule is CCOC[C@H]1CN(C(=O)[C@]2(F)CN(C3CCCC3)C[C@H]2C2=CC=C(OC)C(C)C2)C[C@@H]1C1=CC=C(F)C(C)C1N1CCC(C(=O)O)CC1. The van der Waals surface area contributed by atoms with Crippen LogP contribution in [0.5, 0.6) is 0 Å². The molecule has 6 aliphatic rings. The van der Waals surface area contributed by atoms with Gasteiger partial charge in [-0.05, 0) is 69.8 Å². The zero-order chi connectivity index (χ0) is 34.2. The van der Waals surface area contributed by atoms with Gasteiger partial charge >= 0.3 is 5.97 Å². The van der Waals surface area contributed by atoms with Crippen LogP contribution in [0.15, 0.2) is 47.0 Å². The van der Waals surface area contributed by atoms with Crippen molar-refractivity contribution in [3.8, 4) is 0 Å². The van der Waals surface area contributed by atoms with Crippen LogP contribution in [0, 0.1) is 35.5 Å². The summed E-state index contributed by atoms with van der Waals surface area (Å²) in [6, 6.07) is 0.0595. The number of rotatable bonds is 10. The third-order valence-electron chi connectivity index (χ3n) is 12.4. The van der Waals surface area contributed by atoms with Crippen LogP contribution in [0.1, 0.15) is 65.7 Å². The molecule has 3 heterocycles. The van der Waals surface area contributed by atoms with Gasteiger partial charge in [0.05, 0.1) is 25.4 Å². The van der Waals surface area contributed by atoms with E-state index in [1.54, 1.807) is 18.1 Å². The lowest BCUT2D eigenvalue weighted by Gasteiger charge is -2.43. The summed E-state index contributed by atoms with van der Waals surface area (Å²) >= 11 is 0. The third kappa shape index (κ3) is 6.78. The maximum absolute atomic E-state index is 17.9. The van der Waals surface area contributed by atoms with Crippen LogP contribution < -0.4 is 0 Å². The molecule has 10 heteroatoms. The van der Waals surface area contributed by atoms with E-state index in [1.807, 2.05) is 32.1 Å². The number of carboxylic acids is 1. The third-order valence-corrected chi connectivity index (χ3v) is 12.4. The number of carbonyl (C=O) groups excluding carboxylic acids is 1. The summed E-state index contributed by atoms with van der Waals surface area (Å²) in [6.45, 7) is 9.43. The molecule has 3 aliphatic carbocycles. The van der Waals surface area contributed by atoms with Crippen LogP contribution in [0.4, 0.5) is 8.78 Å². The van der Waals surface area contributed by atoms with E-state index >= 15 is 8.78 Å². The fourth-order valence-electron chi connectivity index (χ4n) is 9.70. The first-order valence-corrected chi connectivity index (χ1v) is 18.3. The van der Waals surface area contributed by atoms with Crippen molar-refractivity contribution in [2.75, 3.05) is 59.6 Å².